The molecule has 0 spiro atoms. The van der Waals surface area contributed by atoms with Crippen molar-refractivity contribution in [1.29, 1.82) is 0 Å². The van der Waals surface area contributed by atoms with Crippen LogP contribution in [0.25, 0.3) is 6.08 Å². The summed E-state index contributed by atoms with van der Waals surface area (Å²) >= 11 is 0. The number of carboxylic acid groups (broad SMARTS) is 1. The van der Waals surface area contributed by atoms with Gasteiger partial charge in [-0.25, -0.2) is 0 Å². The van der Waals surface area contributed by atoms with Gasteiger partial charge < -0.3 is 15.6 Å². The molecule has 0 bridgehead atoms. The van der Waals surface area contributed by atoms with E-state index in [1.807, 2.05) is 36.4 Å². The van der Waals surface area contributed by atoms with Crippen LogP contribution >= 0.6 is 0 Å². The highest BCUT2D eigenvalue weighted by atomic mass is 16.6. The first-order chi connectivity index (χ1) is 10.2. The molecule has 0 heterocycles. The maximum Gasteiger partial charge on any atom is 0.322 e. The van der Waals surface area contributed by atoms with E-state index in [1.165, 1.54) is 0 Å². The SMILES string of the molecule is CC(C)(C)OC(=O)[C@H](C(=O)O)C(N)CC=Cc1ccccc1. The predicted octanol–water partition coefficient (Wildman–Crippen LogP) is 2.46. The van der Waals surface area contributed by atoms with Crippen molar-refractivity contribution in [2.45, 2.75) is 38.8 Å². The number of hydrogen-bond donors (Lipinski definition) is 2. The fourth-order valence-corrected chi connectivity index (χ4v) is 1.89. The Bertz CT molecular complexity index is 531. The zero-order chi connectivity index (χ0) is 16.8. The summed E-state index contributed by atoms with van der Waals surface area (Å²) in [5, 5.41) is 9.22. The molecule has 120 valence electrons. The molecule has 0 amide bonds. The molecule has 0 aliphatic heterocycles. The highest BCUT2D eigenvalue weighted by Gasteiger charge is 2.35. The van der Waals surface area contributed by atoms with Crippen molar-refractivity contribution >= 4 is 18.0 Å². The first-order valence-electron chi connectivity index (χ1n) is 7.13. The van der Waals surface area contributed by atoms with Gasteiger partial charge in [0, 0.05) is 6.04 Å². The van der Waals surface area contributed by atoms with E-state index in [-0.39, 0.29) is 6.42 Å². The van der Waals surface area contributed by atoms with Crippen LogP contribution in [0.15, 0.2) is 36.4 Å². The van der Waals surface area contributed by atoms with Crippen LogP contribution in [0.3, 0.4) is 0 Å². The Balaban J connectivity index is 2.69. The van der Waals surface area contributed by atoms with Crippen molar-refractivity contribution < 1.29 is 19.4 Å². The van der Waals surface area contributed by atoms with Crippen LogP contribution in [0.4, 0.5) is 0 Å². The van der Waals surface area contributed by atoms with E-state index in [9.17, 15) is 14.7 Å². The molecule has 1 aromatic rings. The molecule has 1 aromatic carbocycles. The van der Waals surface area contributed by atoms with Crippen molar-refractivity contribution in [3.63, 3.8) is 0 Å². The lowest BCUT2D eigenvalue weighted by atomic mass is 9.97. The Morgan fingerprint density at radius 2 is 1.86 bits per heavy atom. The van der Waals surface area contributed by atoms with Crippen LogP contribution in [0.5, 0.6) is 0 Å². The number of carboxylic acids is 1. The van der Waals surface area contributed by atoms with Gasteiger partial charge >= 0.3 is 11.9 Å². The van der Waals surface area contributed by atoms with E-state index in [0.29, 0.717) is 0 Å². The number of benzene rings is 1. The average Bonchev–Trinajstić information content (AvgIpc) is 2.37. The number of ether oxygens (including phenoxy) is 1. The van der Waals surface area contributed by atoms with Gasteiger partial charge in [0.1, 0.15) is 5.60 Å². The Kier molecular flexibility index (Phi) is 6.31. The molecule has 0 aromatic heterocycles. The number of nitrogens with two attached hydrogens (primary N) is 1. The zero-order valence-corrected chi connectivity index (χ0v) is 13.2. The molecular formula is C17H23NO4. The van der Waals surface area contributed by atoms with E-state index in [2.05, 4.69) is 0 Å². The number of carbonyl (C=O) groups excluding carboxylic acids is 1. The van der Waals surface area contributed by atoms with E-state index < -0.39 is 29.5 Å². The lowest BCUT2D eigenvalue weighted by Gasteiger charge is -2.24. The molecule has 0 aliphatic carbocycles. The standard InChI is InChI=1S/C17H23NO4/c1-17(2,3)22-16(21)14(15(19)20)13(18)11-7-10-12-8-5-4-6-9-12/h4-10,13-14H,11,18H2,1-3H3,(H,19,20)/t13?,14-/m0/s1. The smallest absolute Gasteiger partial charge is 0.322 e. The topological polar surface area (TPSA) is 89.6 Å². The van der Waals surface area contributed by atoms with Crippen molar-refractivity contribution in [3.05, 3.63) is 42.0 Å². The van der Waals surface area contributed by atoms with Crippen LogP contribution in [-0.4, -0.2) is 28.7 Å². The molecule has 0 saturated carbocycles. The fraction of sp³-hybridized carbons (Fsp3) is 0.412. The van der Waals surface area contributed by atoms with Gasteiger partial charge in [-0.05, 0) is 32.8 Å². The molecule has 22 heavy (non-hydrogen) atoms. The number of carbonyl (C=O) groups is 2. The lowest BCUT2D eigenvalue weighted by Crippen LogP contribution is -2.43. The van der Waals surface area contributed by atoms with Gasteiger partial charge in [-0.2, -0.15) is 0 Å². The number of esters is 1. The van der Waals surface area contributed by atoms with Crippen molar-refractivity contribution in [1.82, 2.24) is 0 Å². The Hall–Kier alpha value is -2.14. The predicted molar refractivity (Wildman–Crippen MR) is 85.0 cm³/mol. The maximum absolute atomic E-state index is 12.0. The molecule has 1 unspecified atom stereocenters. The second-order valence-electron chi connectivity index (χ2n) is 6.06. The zero-order valence-electron chi connectivity index (χ0n) is 13.2. The largest absolute Gasteiger partial charge is 0.481 e. The third-order valence-corrected chi connectivity index (χ3v) is 2.87. The molecule has 0 aliphatic rings. The van der Waals surface area contributed by atoms with E-state index in [0.717, 1.165) is 5.56 Å². The van der Waals surface area contributed by atoms with Crippen LogP contribution in [-0.2, 0) is 14.3 Å². The minimum atomic E-state index is -1.38. The minimum Gasteiger partial charge on any atom is -0.481 e. The summed E-state index contributed by atoms with van der Waals surface area (Å²) in [5.74, 6) is -3.45. The van der Waals surface area contributed by atoms with Gasteiger partial charge in [0.05, 0.1) is 0 Å². The molecule has 5 heteroatoms. The third kappa shape index (κ3) is 6.10. The minimum absolute atomic E-state index is 0.269. The molecular weight excluding hydrogens is 282 g/mol. The van der Waals surface area contributed by atoms with Crippen LogP contribution in [0, 0.1) is 5.92 Å². The van der Waals surface area contributed by atoms with Gasteiger partial charge in [-0.3, -0.25) is 9.59 Å². The summed E-state index contributed by atoms with van der Waals surface area (Å²) in [7, 11) is 0. The molecule has 1 rings (SSSR count). The molecule has 3 N–H and O–H groups in total. The fourth-order valence-electron chi connectivity index (χ4n) is 1.89. The molecule has 0 fully saturated rings. The first-order valence-corrected chi connectivity index (χ1v) is 7.13. The monoisotopic (exact) mass is 305 g/mol. The number of hydrogen-bond acceptors (Lipinski definition) is 4. The Morgan fingerprint density at radius 3 is 2.36 bits per heavy atom. The van der Waals surface area contributed by atoms with Gasteiger partial charge in [0.25, 0.3) is 0 Å². The summed E-state index contributed by atoms with van der Waals surface area (Å²) in [6.45, 7) is 5.06. The van der Waals surface area contributed by atoms with E-state index in [1.54, 1.807) is 26.8 Å². The van der Waals surface area contributed by atoms with Gasteiger partial charge in [0.15, 0.2) is 5.92 Å². The maximum atomic E-state index is 12.0. The molecule has 5 nitrogen and oxygen atoms in total. The van der Waals surface area contributed by atoms with Gasteiger partial charge in [0.2, 0.25) is 0 Å². The van der Waals surface area contributed by atoms with E-state index in [4.69, 9.17) is 10.5 Å². The molecule has 0 saturated heterocycles. The van der Waals surface area contributed by atoms with Crippen LogP contribution in [0.2, 0.25) is 0 Å². The summed E-state index contributed by atoms with van der Waals surface area (Å²) in [5.41, 5.74) is 6.11. The molecule has 0 radical (unpaired) electrons. The Morgan fingerprint density at radius 1 is 1.27 bits per heavy atom. The average molecular weight is 305 g/mol. The molecule has 2 atom stereocenters. The lowest BCUT2D eigenvalue weighted by molar-refractivity contribution is -0.167. The van der Waals surface area contributed by atoms with Crippen LogP contribution < -0.4 is 5.73 Å². The first kappa shape index (κ1) is 17.9. The van der Waals surface area contributed by atoms with Gasteiger partial charge in [-0.15, -0.1) is 0 Å². The highest BCUT2D eigenvalue weighted by Crippen LogP contribution is 2.16. The number of aliphatic carboxylic acids is 1. The van der Waals surface area contributed by atoms with Crippen molar-refractivity contribution in [3.8, 4) is 0 Å². The van der Waals surface area contributed by atoms with Crippen molar-refractivity contribution in [2.24, 2.45) is 11.7 Å². The number of rotatable bonds is 6. The second-order valence-corrected chi connectivity index (χ2v) is 6.06. The third-order valence-electron chi connectivity index (χ3n) is 2.87. The summed E-state index contributed by atoms with van der Waals surface area (Å²) in [4.78, 5) is 23.3. The van der Waals surface area contributed by atoms with Crippen LogP contribution in [0.1, 0.15) is 32.8 Å². The summed E-state index contributed by atoms with van der Waals surface area (Å²) < 4.78 is 5.12. The second kappa shape index (κ2) is 7.75. The van der Waals surface area contributed by atoms with E-state index >= 15 is 0 Å². The van der Waals surface area contributed by atoms with Gasteiger partial charge in [-0.1, -0.05) is 42.5 Å². The highest BCUT2D eigenvalue weighted by molar-refractivity contribution is 5.95. The normalized spacial score (nSPS) is 14.5. The van der Waals surface area contributed by atoms with Crippen molar-refractivity contribution in [2.75, 3.05) is 0 Å². The summed E-state index contributed by atoms with van der Waals surface area (Å²) in [6, 6.07) is 8.72. The Labute approximate surface area is 130 Å². The summed E-state index contributed by atoms with van der Waals surface area (Å²) in [6.07, 6.45) is 3.87. The quantitative estimate of drug-likeness (QED) is 0.622.